The average Bonchev–Trinajstić information content (AvgIpc) is 3.23. The number of anilines is 3. The Hall–Kier alpha value is -2.95. The molecule has 3 aromatic rings. The first-order chi connectivity index (χ1) is 16.2. The van der Waals surface area contributed by atoms with Gasteiger partial charge in [0.1, 0.15) is 5.82 Å². The largest absolute Gasteiger partial charge is 0.446 e. The van der Waals surface area contributed by atoms with Gasteiger partial charge in [-0.15, -0.1) is 0 Å². The monoisotopic (exact) mass is 507 g/mol. The molecule has 6 nitrogen and oxygen atoms in total. The van der Waals surface area contributed by atoms with Crippen LogP contribution in [0, 0.1) is 0 Å². The van der Waals surface area contributed by atoms with E-state index in [0.717, 1.165) is 24.3 Å². The predicted molar refractivity (Wildman–Crippen MR) is 129 cm³/mol. The molecule has 0 spiro atoms. The molecular formula is C23H21ClF3N5OS. The highest BCUT2D eigenvalue weighted by Gasteiger charge is 2.29. The molecule has 1 saturated heterocycles. The molecule has 4 rings (SSSR count). The summed E-state index contributed by atoms with van der Waals surface area (Å²) >= 11 is 5.74. The number of alkyl halides is 3. The van der Waals surface area contributed by atoms with Crippen molar-refractivity contribution in [2.45, 2.75) is 16.9 Å². The highest BCUT2D eigenvalue weighted by Crippen LogP contribution is 2.37. The lowest BCUT2D eigenvalue weighted by molar-refractivity contribution is -0.0328. The zero-order valence-corrected chi connectivity index (χ0v) is 19.4. The molecule has 0 atom stereocenters. The SMILES string of the molecule is O=C(Nc1ccc(Cl)cc1)Nc1cc(CN2CCN(c3ccc(SC(F)(F)F)cc3)C2)ccn1. The van der Waals surface area contributed by atoms with Crippen molar-refractivity contribution >= 4 is 46.6 Å². The fourth-order valence-electron chi connectivity index (χ4n) is 3.55. The van der Waals surface area contributed by atoms with Crippen LogP contribution in [0.1, 0.15) is 5.56 Å². The van der Waals surface area contributed by atoms with Crippen LogP contribution in [-0.2, 0) is 6.54 Å². The molecule has 178 valence electrons. The van der Waals surface area contributed by atoms with Crippen molar-refractivity contribution < 1.29 is 18.0 Å². The van der Waals surface area contributed by atoms with Crippen molar-refractivity contribution in [2.75, 3.05) is 35.3 Å². The van der Waals surface area contributed by atoms with Gasteiger partial charge >= 0.3 is 11.5 Å². The van der Waals surface area contributed by atoms with Gasteiger partial charge in [0, 0.05) is 47.1 Å². The fraction of sp³-hybridized carbons (Fsp3) is 0.217. The number of nitrogens with zero attached hydrogens (tertiary/aromatic N) is 3. The number of carbonyl (C=O) groups is 1. The van der Waals surface area contributed by atoms with Gasteiger partial charge in [0.2, 0.25) is 0 Å². The van der Waals surface area contributed by atoms with E-state index in [9.17, 15) is 18.0 Å². The summed E-state index contributed by atoms with van der Waals surface area (Å²) in [5, 5.41) is 6.02. The number of hydrogen-bond donors (Lipinski definition) is 2. The van der Waals surface area contributed by atoms with Gasteiger partial charge in [-0.05, 0) is 78.0 Å². The molecule has 2 aromatic carbocycles. The van der Waals surface area contributed by atoms with Gasteiger partial charge in [0.15, 0.2) is 0 Å². The van der Waals surface area contributed by atoms with Crippen LogP contribution in [-0.4, -0.2) is 41.2 Å². The summed E-state index contributed by atoms with van der Waals surface area (Å²) in [4.78, 5) is 20.9. The minimum atomic E-state index is -4.29. The summed E-state index contributed by atoms with van der Waals surface area (Å²) in [6.07, 6.45) is 1.64. The number of benzene rings is 2. The zero-order chi connectivity index (χ0) is 24.1. The van der Waals surface area contributed by atoms with Gasteiger partial charge < -0.3 is 10.2 Å². The van der Waals surface area contributed by atoms with E-state index in [-0.39, 0.29) is 16.7 Å². The molecule has 0 saturated carbocycles. The van der Waals surface area contributed by atoms with Crippen LogP contribution in [0.5, 0.6) is 0 Å². The Morgan fingerprint density at radius 2 is 1.76 bits per heavy atom. The lowest BCUT2D eigenvalue weighted by Crippen LogP contribution is -2.25. The molecule has 0 unspecified atom stereocenters. The highest BCUT2D eigenvalue weighted by molar-refractivity contribution is 8.00. The summed E-state index contributed by atoms with van der Waals surface area (Å²) in [5.74, 6) is 0.428. The second-order valence-electron chi connectivity index (χ2n) is 7.63. The highest BCUT2D eigenvalue weighted by atomic mass is 35.5. The maximum absolute atomic E-state index is 12.5. The number of hydrogen-bond acceptors (Lipinski definition) is 5. The number of nitrogens with one attached hydrogen (secondary N) is 2. The normalized spacial score (nSPS) is 14.3. The van der Waals surface area contributed by atoms with E-state index in [2.05, 4.69) is 25.4 Å². The predicted octanol–water partition coefficient (Wildman–Crippen LogP) is 6.27. The molecule has 1 aliphatic heterocycles. The lowest BCUT2D eigenvalue weighted by atomic mass is 10.2. The Kier molecular flexibility index (Phi) is 7.50. The van der Waals surface area contributed by atoms with Crippen molar-refractivity contribution in [2.24, 2.45) is 0 Å². The molecule has 1 aliphatic rings. The van der Waals surface area contributed by atoms with Crippen LogP contribution in [0.3, 0.4) is 0 Å². The Bertz CT molecular complexity index is 1130. The summed E-state index contributed by atoms with van der Waals surface area (Å²) in [5.41, 5.74) is -1.82. The number of urea groups is 1. The van der Waals surface area contributed by atoms with E-state index < -0.39 is 11.5 Å². The average molecular weight is 508 g/mol. The molecule has 1 aromatic heterocycles. The first-order valence-corrected chi connectivity index (χ1v) is 11.5. The zero-order valence-electron chi connectivity index (χ0n) is 17.8. The lowest BCUT2D eigenvalue weighted by Gasteiger charge is -2.20. The molecule has 0 radical (unpaired) electrons. The molecule has 1 fully saturated rings. The van der Waals surface area contributed by atoms with Gasteiger partial charge in [0.05, 0.1) is 6.67 Å². The van der Waals surface area contributed by atoms with Gasteiger partial charge in [-0.1, -0.05) is 11.6 Å². The maximum Gasteiger partial charge on any atom is 0.446 e. The van der Waals surface area contributed by atoms with Crippen molar-refractivity contribution in [3.8, 4) is 0 Å². The molecule has 2 heterocycles. The van der Waals surface area contributed by atoms with Gasteiger partial charge in [-0.2, -0.15) is 13.2 Å². The molecule has 2 N–H and O–H groups in total. The fourth-order valence-corrected chi connectivity index (χ4v) is 4.22. The second kappa shape index (κ2) is 10.5. The Morgan fingerprint density at radius 3 is 2.47 bits per heavy atom. The van der Waals surface area contributed by atoms with Gasteiger partial charge in [-0.3, -0.25) is 10.2 Å². The minimum Gasteiger partial charge on any atom is -0.357 e. The quantitative estimate of drug-likeness (QED) is 0.385. The summed E-state index contributed by atoms with van der Waals surface area (Å²) in [6.45, 7) is 2.87. The first-order valence-electron chi connectivity index (χ1n) is 10.4. The summed E-state index contributed by atoms with van der Waals surface area (Å²) in [6, 6.07) is 16.5. The number of aromatic nitrogens is 1. The Labute approximate surface area is 204 Å². The topological polar surface area (TPSA) is 60.5 Å². The standard InChI is InChI=1S/C23H21ClF3N5OS/c24-17-1-3-18(4-2-17)29-22(33)30-21-13-16(9-10-28-21)14-31-11-12-32(15-31)19-5-7-20(8-6-19)34-23(25,26)27/h1-10,13H,11-12,14-15H2,(H2,28,29,30,33). The molecule has 11 heteroatoms. The van der Waals surface area contributed by atoms with Crippen LogP contribution in [0.15, 0.2) is 71.8 Å². The molecule has 2 amide bonds. The van der Waals surface area contributed by atoms with Crippen LogP contribution < -0.4 is 15.5 Å². The molecule has 34 heavy (non-hydrogen) atoms. The van der Waals surface area contributed by atoms with E-state index in [1.165, 1.54) is 12.1 Å². The van der Waals surface area contributed by atoms with Crippen molar-refractivity contribution in [1.29, 1.82) is 0 Å². The van der Waals surface area contributed by atoms with E-state index in [1.54, 1.807) is 42.6 Å². The van der Waals surface area contributed by atoms with E-state index in [1.807, 2.05) is 12.1 Å². The van der Waals surface area contributed by atoms with E-state index in [0.29, 0.717) is 29.7 Å². The van der Waals surface area contributed by atoms with E-state index in [4.69, 9.17) is 11.6 Å². The number of rotatable bonds is 6. The van der Waals surface area contributed by atoms with Gasteiger partial charge in [-0.25, -0.2) is 9.78 Å². The van der Waals surface area contributed by atoms with Crippen LogP contribution >= 0.6 is 23.4 Å². The third kappa shape index (κ3) is 7.02. The summed E-state index contributed by atoms with van der Waals surface area (Å²) < 4.78 is 37.6. The first kappa shape index (κ1) is 24.2. The minimum absolute atomic E-state index is 0.114. The van der Waals surface area contributed by atoms with E-state index >= 15 is 0 Å². The number of amides is 2. The summed E-state index contributed by atoms with van der Waals surface area (Å²) in [7, 11) is 0. The number of carbonyl (C=O) groups excluding carboxylic acids is 1. The third-order valence-corrected chi connectivity index (χ3v) is 6.06. The third-order valence-electron chi connectivity index (χ3n) is 5.07. The number of halogens is 4. The van der Waals surface area contributed by atoms with Crippen LogP contribution in [0.4, 0.5) is 35.2 Å². The molecule has 0 aliphatic carbocycles. The number of thioether (sulfide) groups is 1. The van der Waals surface area contributed by atoms with Crippen LogP contribution in [0.25, 0.3) is 0 Å². The van der Waals surface area contributed by atoms with Gasteiger partial charge in [0.25, 0.3) is 0 Å². The molecular weight excluding hydrogens is 487 g/mol. The van der Waals surface area contributed by atoms with Crippen molar-refractivity contribution in [3.05, 3.63) is 77.4 Å². The Morgan fingerprint density at radius 1 is 1.03 bits per heavy atom. The van der Waals surface area contributed by atoms with Crippen molar-refractivity contribution in [3.63, 3.8) is 0 Å². The Balaban J connectivity index is 1.30. The maximum atomic E-state index is 12.5. The van der Waals surface area contributed by atoms with Crippen molar-refractivity contribution in [1.82, 2.24) is 9.88 Å². The number of pyridine rings is 1. The van der Waals surface area contributed by atoms with Crippen LogP contribution in [0.2, 0.25) is 5.02 Å². The molecule has 0 bridgehead atoms. The smallest absolute Gasteiger partial charge is 0.357 e. The second-order valence-corrected chi connectivity index (χ2v) is 9.21.